The Morgan fingerprint density at radius 2 is 1.07 bits per heavy atom. The first-order valence-corrected chi connectivity index (χ1v) is 12.6. The second-order valence-electron chi connectivity index (χ2n) is 11.0. The first kappa shape index (κ1) is 23.9. The van der Waals surface area contributed by atoms with Gasteiger partial charge in [0.05, 0.1) is 10.8 Å². The zero-order chi connectivity index (χ0) is 21.4. The highest BCUT2D eigenvalue weighted by molar-refractivity contribution is 6.74. The van der Waals surface area contributed by atoms with Gasteiger partial charge in [-0.05, 0) is 71.8 Å². The first-order valence-electron chi connectivity index (χ1n) is 9.64. The second kappa shape index (κ2) is 7.70. The van der Waals surface area contributed by atoms with Crippen LogP contribution < -0.4 is 0 Å². The van der Waals surface area contributed by atoms with E-state index in [4.69, 9.17) is 13.9 Å². The summed E-state index contributed by atoms with van der Waals surface area (Å²) in [4.78, 5) is 24.8. The topological polar surface area (TPSA) is 61.8 Å². The molecule has 0 spiro atoms. The van der Waals surface area contributed by atoms with Gasteiger partial charge < -0.3 is 13.9 Å². The molecule has 0 saturated heterocycles. The van der Waals surface area contributed by atoms with E-state index in [1.54, 1.807) is 12.2 Å². The van der Waals surface area contributed by atoms with Crippen molar-refractivity contribution in [1.29, 1.82) is 0 Å². The van der Waals surface area contributed by atoms with Crippen LogP contribution in [-0.4, -0.2) is 38.6 Å². The van der Waals surface area contributed by atoms with Crippen LogP contribution in [0.3, 0.4) is 0 Å². The van der Waals surface area contributed by atoms with Gasteiger partial charge in [0.15, 0.2) is 8.32 Å². The van der Waals surface area contributed by atoms with E-state index in [-0.39, 0.29) is 17.0 Å². The maximum absolute atomic E-state index is 12.4. The highest BCUT2D eigenvalue weighted by atomic mass is 28.4. The molecule has 27 heavy (non-hydrogen) atoms. The molecular formula is C21H38O5Si. The molecular weight excluding hydrogens is 360 g/mol. The van der Waals surface area contributed by atoms with Gasteiger partial charge in [-0.25, -0.2) is 0 Å². The molecule has 0 amide bonds. The van der Waals surface area contributed by atoms with Gasteiger partial charge in [-0.15, -0.1) is 0 Å². The second-order valence-corrected chi connectivity index (χ2v) is 15.7. The summed E-state index contributed by atoms with van der Waals surface area (Å²) in [6, 6.07) is 0. The maximum atomic E-state index is 12.4. The van der Waals surface area contributed by atoms with Gasteiger partial charge in [0.1, 0.15) is 18.3 Å². The van der Waals surface area contributed by atoms with E-state index in [0.717, 1.165) is 0 Å². The standard InChI is InChI=1S/C21H38O5Si/c1-19(2,3)17(22)24-14-12-13-15(25-18(23)20(4,5)6)16(14)26-27(10,11)21(7,8)9/h12-16H,1-11H3/t14-,15+,16?. The molecule has 1 aliphatic carbocycles. The average molecular weight is 399 g/mol. The fraction of sp³-hybridized carbons (Fsp3) is 0.810. The third kappa shape index (κ3) is 6.18. The molecule has 6 heteroatoms. The molecule has 3 atom stereocenters. The molecule has 0 aromatic carbocycles. The number of esters is 2. The molecule has 0 fully saturated rings. The Kier molecular flexibility index (Phi) is 6.82. The number of ether oxygens (including phenoxy) is 2. The van der Waals surface area contributed by atoms with Crippen LogP contribution in [0, 0.1) is 10.8 Å². The van der Waals surface area contributed by atoms with E-state index in [1.807, 2.05) is 41.5 Å². The zero-order valence-corrected chi connectivity index (χ0v) is 19.9. The smallest absolute Gasteiger partial charge is 0.311 e. The normalized spacial score (nSPS) is 24.0. The van der Waals surface area contributed by atoms with Crippen molar-refractivity contribution in [3.05, 3.63) is 12.2 Å². The molecule has 1 unspecified atom stereocenters. The molecule has 0 radical (unpaired) electrons. The number of rotatable bonds is 4. The summed E-state index contributed by atoms with van der Waals surface area (Å²) >= 11 is 0. The SMILES string of the molecule is CC(C)(C)C(=O)O[C@H]1C=C[C@@H](OC(=O)C(C)(C)C)C1O[Si](C)(C)C(C)(C)C. The third-order valence-electron chi connectivity index (χ3n) is 5.09. The molecule has 0 aliphatic heterocycles. The van der Waals surface area contributed by atoms with E-state index in [9.17, 15) is 9.59 Å². The van der Waals surface area contributed by atoms with E-state index >= 15 is 0 Å². The van der Waals surface area contributed by atoms with Crippen molar-refractivity contribution in [1.82, 2.24) is 0 Å². The summed E-state index contributed by atoms with van der Waals surface area (Å²) in [5, 5.41) is -0.0211. The molecule has 0 aromatic heterocycles. The lowest BCUT2D eigenvalue weighted by molar-refractivity contribution is -0.168. The van der Waals surface area contributed by atoms with Gasteiger partial charge in [0, 0.05) is 0 Å². The van der Waals surface area contributed by atoms with Crippen LogP contribution >= 0.6 is 0 Å². The Balaban J connectivity index is 3.09. The zero-order valence-electron chi connectivity index (χ0n) is 18.9. The Hall–Kier alpha value is -1.14. The summed E-state index contributed by atoms with van der Waals surface area (Å²) in [6.07, 6.45) is 1.90. The Morgan fingerprint density at radius 1 is 0.741 bits per heavy atom. The lowest BCUT2D eigenvalue weighted by Gasteiger charge is -2.41. The van der Waals surface area contributed by atoms with Crippen LogP contribution in [0.2, 0.25) is 18.1 Å². The molecule has 0 heterocycles. The van der Waals surface area contributed by atoms with Crippen molar-refractivity contribution < 1.29 is 23.5 Å². The molecule has 156 valence electrons. The first-order chi connectivity index (χ1) is 11.9. The van der Waals surface area contributed by atoms with Crippen molar-refractivity contribution in [3.8, 4) is 0 Å². The average Bonchev–Trinajstić information content (AvgIpc) is 2.77. The molecule has 5 nitrogen and oxygen atoms in total. The van der Waals surface area contributed by atoms with Gasteiger partial charge >= 0.3 is 11.9 Å². The lowest BCUT2D eigenvalue weighted by Crippen LogP contribution is -2.51. The Bertz CT molecular complexity index is 549. The van der Waals surface area contributed by atoms with Crippen LogP contribution in [-0.2, 0) is 23.5 Å². The fourth-order valence-electron chi connectivity index (χ4n) is 2.09. The predicted octanol–water partition coefficient (Wildman–Crippen LogP) is 4.86. The summed E-state index contributed by atoms with van der Waals surface area (Å²) < 4.78 is 18.0. The van der Waals surface area contributed by atoms with E-state index in [1.165, 1.54) is 0 Å². The van der Waals surface area contributed by atoms with Crippen molar-refractivity contribution in [3.63, 3.8) is 0 Å². The van der Waals surface area contributed by atoms with Gasteiger partial charge in [-0.1, -0.05) is 20.8 Å². The molecule has 1 aliphatic rings. The summed E-state index contributed by atoms with van der Waals surface area (Å²) in [5.41, 5.74) is -1.23. The number of carbonyl (C=O) groups is 2. The summed E-state index contributed by atoms with van der Waals surface area (Å²) in [5.74, 6) is -0.604. The van der Waals surface area contributed by atoms with Crippen LogP contribution in [0.5, 0.6) is 0 Å². The summed E-state index contributed by atoms with van der Waals surface area (Å²) in [6.45, 7) is 21.6. The van der Waals surface area contributed by atoms with E-state index in [2.05, 4.69) is 33.9 Å². The summed E-state index contributed by atoms with van der Waals surface area (Å²) in [7, 11) is -2.17. The third-order valence-corrected chi connectivity index (χ3v) is 9.56. The minimum absolute atomic E-state index is 0.0211. The molecule has 0 saturated carbocycles. The predicted molar refractivity (Wildman–Crippen MR) is 110 cm³/mol. The monoisotopic (exact) mass is 398 g/mol. The molecule has 0 aromatic rings. The van der Waals surface area contributed by atoms with Crippen LogP contribution in [0.15, 0.2) is 12.2 Å². The fourth-order valence-corrected chi connectivity index (χ4v) is 3.39. The van der Waals surface area contributed by atoms with Crippen molar-refractivity contribution in [2.75, 3.05) is 0 Å². The number of hydrogen-bond acceptors (Lipinski definition) is 5. The van der Waals surface area contributed by atoms with Crippen LogP contribution in [0.1, 0.15) is 62.3 Å². The van der Waals surface area contributed by atoms with E-state index < -0.39 is 37.5 Å². The van der Waals surface area contributed by atoms with Gasteiger partial charge in [-0.2, -0.15) is 0 Å². The highest BCUT2D eigenvalue weighted by Gasteiger charge is 2.47. The quantitative estimate of drug-likeness (QED) is 0.384. The van der Waals surface area contributed by atoms with Crippen molar-refractivity contribution >= 4 is 20.3 Å². The van der Waals surface area contributed by atoms with E-state index in [0.29, 0.717) is 0 Å². The number of carbonyl (C=O) groups excluding carboxylic acids is 2. The molecule has 1 rings (SSSR count). The Morgan fingerprint density at radius 3 is 1.33 bits per heavy atom. The largest absolute Gasteiger partial charge is 0.455 e. The van der Waals surface area contributed by atoms with Crippen LogP contribution in [0.25, 0.3) is 0 Å². The van der Waals surface area contributed by atoms with Gasteiger partial charge in [0.25, 0.3) is 0 Å². The van der Waals surface area contributed by atoms with Crippen molar-refractivity contribution in [2.45, 2.75) is 98.8 Å². The molecule has 0 bridgehead atoms. The number of hydrogen-bond donors (Lipinski definition) is 0. The van der Waals surface area contributed by atoms with Crippen LogP contribution in [0.4, 0.5) is 0 Å². The molecule has 0 N–H and O–H groups in total. The minimum Gasteiger partial charge on any atom is -0.455 e. The van der Waals surface area contributed by atoms with Crippen molar-refractivity contribution in [2.24, 2.45) is 10.8 Å². The lowest BCUT2D eigenvalue weighted by atomic mass is 9.97. The Labute approximate surface area is 166 Å². The maximum Gasteiger partial charge on any atom is 0.311 e. The van der Waals surface area contributed by atoms with Gasteiger partial charge in [-0.3, -0.25) is 9.59 Å². The minimum atomic E-state index is -2.17. The van der Waals surface area contributed by atoms with Gasteiger partial charge in [0.2, 0.25) is 0 Å². The highest BCUT2D eigenvalue weighted by Crippen LogP contribution is 2.40.